The van der Waals surface area contributed by atoms with Crippen LogP contribution in [0.1, 0.15) is 58.0 Å². The average Bonchev–Trinajstić information content (AvgIpc) is 3.16. The molecule has 0 aromatic heterocycles. The molecular weight excluding hydrogens is 642 g/mol. The van der Waals surface area contributed by atoms with Crippen LogP contribution in [0.2, 0.25) is 0 Å². The van der Waals surface area contributed by atoms with Crippen molar-refractivity contribution in [2.75, 3.05) is 40.6 Å². The number of nitrogens with one attached hydrogen (secondary N) is 1. The van der Waals surface area contributed by atoms with Crippen molar-refractivity contribution in [2.45, 2.75) is 38.7 Å². The van der Waals surface area contributed by atoms with Crippen LogP contribution >= 0.6 is 0 Å². The lowest BCUT2D eigenvalue weighted by Gasteiger charge is -2.18. The molecule has 0 heterocycles. The zero-order valence-electron chi connectivity index (χ0n) is 29.0. The van der Waals surface area contributed by atoms with E-state index in [1.165, 1.54) is 18.7 Å². The summed E-state index contributed by atoms with van der Waals surface area (Å²) in [5, 5.41) is 7.35. The van der Waals surface area contributed by atoms with Gasteiger partial charge in [0.15, 0.2) is 6.10 Å². The number of rotatable bonds is 20. The highest BCUT2D eigenvalue weighted by molar-refractivity contribution is 5.94. The third-order valence-corrected chi connectivity index (χ3v) is 6.48. The van der Waals surface area contributed by atoms with Crippen LogP contribution < -0.4 is 14.2 Å². The summed E-state index contributed by atoms with van der Waals surface area (Å²) in [6.45, 7) is 10.2. The van der Waals surface area contributed by atoms with Gasteiger partial charge in [-0.2, -0.15) is 0 Å². The monoisotopic (exact) mass is 689 g/mol. The standard InChI is InChI=1S/C18H19NO3.C18H24O6.C3H4O/c1-3-4-13-5-8-16(9-6-13)22-18(20)14-7-10-17(21-2)15(11-14)12-19;1-3-18(20)24-17(13-22-11-5-4-10-21-2)14-23-16-8-6-15(12-19)7-9-16;1-2-3-4/h5-12,19H,3-4H2,1-2H3;3,6-9,12,17H,1,4-5,10-11,13-14H2,2H3;2-3H,1H2. The highest BCUT2D eigenvalue weighted by atomic mass is 16.6. The second-order valence-electron chi connectivity index (χ2n) is 10.3. The quantitative estimate of drug-likeness (QED) is 0.0341. The minimum absolute atomic E-state index is 0.151. The predicted octanol–water partition coefficient (Wildman–Crippen LogP) is 6.65. The second-order valence-corrected chi connectivity index (χ2v) is 10.3. The fraction of sp³-hybridized carbons (Fsp3) is 0.308. The van der Waals surface area contributed by atoms with Gasteiger partial charge in [-0.15, -0.1) is 0 Å². The molecule has 3 rings (SSSR count). The Labute approximate surface area is 294 Å². The van der Waals surface area contributed by atoms with Crippen LogP contribution in [0.3, 0.4) is 0 Å². The number of carbonyl (C=O) groups excluding carboxylic acids is 4. The Balaban J connectivity index is 0.000000452. The first-order valence-corrected chi connectivity index (χ1v) is 15.9. The van der Waals surface area contributed by atoms with E-state index < -0.39 is 18.0 Å². The van der Waals surface area contributed by atoms with Crippen LogP contribution in [-0.2, 0) is 30.2 Å². The number of hydrogen-bond donors (Lipinski definition) is 1. The number of unbranched alkanes of at least 4 members (excludes halogenated alkanes) is 1. The molecule has 3 aromatic carbocycles. The molecule has 3 aromatic rings. The molecule has 0 fully saturated rings. The largest absolute Gasteiger partial charge is 0.496 e. The number of allylic oxidation sites excluding steroid dienone is 1. The lowest BCUT2D eigenvalue weighted by molar-refractivity contribution is -0.148. The van der Waals surface area contributed by atoms with Gasteiger partial charge in [0, 0.05) is 43.7 Å². The SMILES string of the molecule is C=CC(=O)OC(COCCCCOC)COc1ccc(C=O)cc1.C=CC=O.CCCc1ccc(OC(=O)c2ccc(OC)c(C=N)c2)cc1. The molecule has 0 aliphatic rings. The van der Waals surface area contributed by atoms with Crippen LogP contribution in [0.5, 0.6) is 17.2 Å². The Kier molecular flexibility index (Phi) is 22.6. The molecule has 0 saturated carbocycles. The number of esters is 2. The summed E-state index contributed by atoms with van der Waals surface area (Å²) in [6, 6.07) is 19.0. The fourth-order valence-electron chi connectivity index (χ4n) is 3.98. The number of aryl methyl sites for hydroxylation is 1. The van der Waals surface area contributed by atoms with Crippen LogP contribution in [-0.4, -0.2) is 77.5 Å². The van der Waals surface area contributed by atoms with Gasteiger partial charge in [-0.25, -0.2) is 9.59 Å². The normalized spacial score (nSPS) is 10.4. The van der Waals surface area contributed by atoms with E-state index in [9.17, 15) is 14.4 Å². The molecule has 0 aliphatic heterocycles. The Morgan fingerprint density at radius 1 is 0.880 bits per heavy atom. The van der Waals surface area contributed by atoms with Gasteiger partial charge in [0.1, 0.15) is 36.4 Å². The maximum Gasteiger partial charge on any atom is 0.343 e. The summed E-state index contributed by atoms with van der Waals surface area (Å²) in [6.07, 6.45) is 8.17. The van der Waals surface area contributed by atoms with Crippen LogP contribution in [0.4, 0.5) is 0 Å². The van der Waals surface area contributed by atoms with Gasteiger partial charge < -0.3 is 33.8 Å². The van der Waals surface area contributed by atoms with Gasteiger partial charge in [-0.3, -0.25) is 9.59 Å². The Bertz CT molecular complexity index is 1460. The van der Waals surface area contributed by atoms with Gasteiger partial charge in [-0.1, -0.05) is 38.6 Å². The minimum Gasteiger partial charge on any atom is -0.496 e. The van der Waals surface area contributed by atoms with E-state index in [4.69, 9.17) is 38.6 Å². The van der Waals surface area contributed by atoms with E-state index in [0.29, 0.717) is 53.4 Å². The number of hydrogen-bond acceptors (Lipinski definition) is 11. The molecule has 50 heavy (non-hydrogen) atoms. The lowest BCUT2D eigenvalue weighted by Crippen LogP contribution is -2.29. The van der Waals surface area contributed by atoms with Gasteiger partial charge >= 0.3 is 11.9 Å². The molecule has 268 valence electrons. The van der Waals surface area contributed by atoms with Gasteiger partial charge in [0.05, 0.1) is 19.3 Å². The molecule has 0 spiro atoms. The number of carbonyl (C=O) groups is 4. The highest BCUT2D eigenvalue weighted by Crippen LogP contribution is 2.20. The van der Waals surface area contributed by atoms with Crippen LogP contribution in [0.15, 0.2) is 92.0 Å². The molecular formula is C39H47NO10. The van der Waals surface area contributed by atoms with Crippen molar-refractivity contribution < 1.29 is 47.6 Å². The van der Waals surface area contributed by atoms with Crippen molar-refractivity contribution in [3.05, 3.63) is 114 Å². The Hall–Kier alpha value is -5.39. The lowest BCUT2D eigenvalue weighted by atomic mass is 10.1. The van der Waals surface area contributed by atoms with Crippen molar-refractivity contribution in [3.63, 3.8) is 0 Å². The summed E-state index contributed by atoms with van der Waals surface area (Å²) < 4.78 is 31.7. The molecule has 11 nitrogen and oxygen atoms in total. The summed E-state index contributed by atoms with van der Waals surface area (Å²) in [7, 11) is 3.18. The molecule has 1 N–H and O–H groups in total. The summed E-state index contributed by atoms with van der Waals surface area (Å²) >= 11 is 0. The summed E-state index contributed by atoms with van der Waals surface area (Å²) in [4.78, 5) is 43.2. The summed E-state index contributed by atoms with van der Waals surface area (Å²) in [5.74, 6) is 0.671. The molecule has 0 amide bonds. The zero-order chi connectivity index (χ0) is 37.0. The van der Waals surface area contributed by atoms with Crippen molar-refractivity contribution in [2.24, 2.45) is 0 Å². The smallest absolute Gasteiger partial charge is 0.343 e. The van der Waals surface area contributed by atoms with Gasteiger partial charge in [-0.05, 0) is 85.5 Å². The molecule has 0 aliphatic carbocycles. The third kappa shape index (κ3) is 17.7. The summed E-state index contributed by atoms with van der Waals surface area (Å²) in [5.41, 5.74) is 2.71. The van der Waals surface area contributed by atoms with Crippen molar-refractivity contribution >= 4 is 30.7 Å². The first-order valence-electron chi connectivity index (χ1n) is 15.9. The first-order chi connectivity index (χ1) is 24.3. The molecule has 11 heteroatoms. The molecule has 0 radical (unpaired) electrons. The van der Waals surface area contributed by atoms with Gasteiger partial charge in [0.25, 0.3) is 0 Å². The zero-order valence-corrected chi connectivity index (χ0v) is 29.0. The van der Waals surface area contributed by atoms with Crippen LogP contribution in [0, 0.1) is 5.41 Å². The van der Waals surface area contributed by atoms with E-state index in [2.05, 4.69) is 20.1 Å². The highest BCUT2D eigenvalue weighted by Gasteiger charge is 2.15. The maximum atomic E-state index is 12.2. The number of benzene rings is 3. The van der Waals surface area contributed by atoms with E-state index in [-0.39, 0.29) is 13.2 Å². The van der Waals surface area contributed by atoms with E-state index in [1.807, 2.05) is 12.1 Å². The molecule has 0 saturated heterocycles. The number of aldehydes is 2. The second kappa shape index (κ2) is 26.6. The van der Waals surface area contributed by atoms with E-state index in [1.54, 1.807) is 61.7 Å². The number of ether oxygens (including phenoxy) is 6. The third-order valence-electron chi connectivity index (χ3n) is 6.48. The van der Waals surface area contributed by atoms with Crippen LogP contribution in [0.25, 0.3) is 0 Å². The van der Waals surface area contributed by atoms with E-state index in [0.717, 1.165) is 44.3 Å². The molecule has 1 unspecified atom stereocenters. The number of methoxy groups -OCH3 is 2. The van der Waals surface area contributed by atoms with Crippen molar-refractivity contribution in [1.29, 1.82) is 5.41 Å². The van der Waals surface area contributed by atoms with Crippen molar-refractivity contribution in [1.82, 2.24) is 0 Å². The van der Waals surface area contributed by atoms with E-state index >= 15 is 0 Å². The minimum atomic E-state index is -0.538. The molecule has 1 atom stereocenters. The maximum absolute atomic E-state index is 12.2. The Morgan fingerprint density at radius 2 is 1.54 bits per heavy atom. The molecule has 0 bridgehead atoms. The fourth-order valence-corrected chi connectivity index (χ4v) is 3.98. The average molecular weight is 690 g/mol. The first kappa shape index (κ1) is 42.6. The topological polar surface area (TPSA) is 148 Å². The Morgan fingerprint density at radius 3 is 2.10 bits per heavy atom. The van der Waals surface area contributed by atoms with Crippen molar-refractivity contribution in [3.8, 4) is 17.2 Å². The van der Waals surface area contributed by atoms with Gasteiger partial charge in [0.2, 0.25) is 0 Å². The predicted molar refractivity (Wildman–Crippen MR) is 192 cm³/mol.